The van der Waals surface area contributed by atoms with Crippen molar-refractivity contribution < 1.29 is 24.2 Å². The summed E-state index contributed by atoms with van der Waals surface area (Å²) in [6.45, 7) is 2.34. The van der Waals surface area contributed by atoms with E-state index in [2.05, 4.69) is 0 Å². The van der Waals surface area contributed by atoms with E-state index in [0.29, 0.717) is 34.9 Å². The molecule has 7 nitrogen and oxygen atoms in total. The topological polar surface area (TPSA) is 79.3 Å². The average Bonchev–Trinajstić information content (AvgIpc) is 3.14. The molecular formula is C28H28N2O5. The van der Waals surface area contributed by atoms with Crippen molar-refractivity contribution in [2.75, 3.05) is 37.6 Å². The molecule has 3 aromatic carbocycles. The molecule has 180 valence electrons. The van der Waals surface area contributed by atoms with Gasteiger partial charge in [-0.05, 0) is 48.9 Å². The normalized spacial score (nSPS) is 16.9. The van der Waals surface area contributed by atoms with Crippen molar-refractivity contribution in [3.63, 3.8) is 0 Å². The number of carbonyl (C=O) groups excluding carboxylic acids is 2. The second-order valence-corrected chi connectivity index (χ2v) is 8.29. The first-order valence-electron chi connectivity index (χ1n) is 11.3. The maximum absolute atomic E-state index is 13.4. The molecule has 35 heavy (non-hydrogen) atoms. The minimum atomic E-state index is -0.840. The number of methoxy groups -OCH3 is 1. The second-order valence-electron chi connectivity index (χ2n) is 8.29. The standard InChI is InChI=1S/C28H28N2O5/c1-5-35-21-10-8-9-20(17-21)30-25(18-13-15-19(16-14-18)29(2)3)24(27(32)28(30)33)26(31)22-11-6-7-12-23(22)34-4/h6-17,25,31H,5H2,1-4H3/b26-24+. The molecule has 4 rings (SSSR count). The number of hydrogen-bond donors (Lipinski definition) is 1. The highest BCUT2D eigenvalue weighted by molar-refractivity contribution is 6.51. The number of nitrogens with zero attached hydrogens (tertiary/aromatic N) is 2. The van der Waals surface area contributed by atoms with Gasteiger partial charge in [0.15, 0.2) is 0 Å². The zero-order valence-electron chi connectivity index (χ0n) is 20.2. The maximum Gasteiger partial charge on any atom is 0.300 e. The summed E-state index contributed by atoms with van der Waals surface area (Å²) in [6.07, 6.45) is 0. The Balaban J connectivity index is 1.94. The van der Waals surface area contributed by atoms with Gasteiger partial charge >= 0.3 is 0 Å². The zero-order chi connectivity index (χ0) is 25.1. The van der Waals surface area contributed by atoms with Crippen LogP contribution in [-0.2, 0) is 9.59 Å². The SMILES string of the molecule is CCOc1cccc(N2C(=O)C(=O)/C(=C(/O)c3ccccc3OC)C2c2ccc(N(C)C)cc2)c1. The van der Waals surface area contributed by atoms with E-state index in [0.717, 1.165) is 5.69 Å². The molecule has 1 N–H and O–H groups in total. The Morgan fingerprint density at radius 1 is 1.00 bits per heavy atom. The van der Waals surface area contributed by atoms with Gasteiger partial charge in [0, 0.05) is 31.5 Å². The summed E-state index contributed by atoms with van der Waals surface area (Å²) < 4.78 is 11.0. The third-order valence-corrected chi connectivity index (χ3v) is 5.94. The van der Waals surface area contributed by atoms with Gasteiger partial charge in [-0.1, -0.05) is 30.3 Å². The Hall–Kier alpha value is -4.26. The number of benzene rings is 3. The van der Waals surface area contributed by atoms with Gasteiger partial charge in [0.25, 0.3) is 11.7 Å². The molecule has 0 bridgehead atoms. The summed E-state index contributed by atoms with van der Waals surface area (Å²) in [4.78, 5) is 30.1. The van der Waals surface area contributed by atoms with Gasteiger partial charge in [0.05, 0.1) is 30.9 Å². The first-order valence-corrected chi connectivity index (χ1v) is 11.3. The monoisotopic (exact) mass is 472 g/mol. The van der Waals surface area contributed by atoms with Crippen LogP contribution in [0.5, 0.6) is 11.5 Å². The van der Waals surface area contributed by atoms with Crippen LogP contribution in [0.25, 0.3) is 5.76 Å². The molecule has 1 atom stereocenters. The highest BCUT2D eigenvalue weighted by atomic mass is 16.5. The number of hydrogen-bond acceptors (Lipinski definition) is 6. The quantitative estimate of drug-likeness (QED) is 0.303. The third kappa shape index (κ3) is 4.45. The van der Waals surface area contributed by atoms with E-state index >= 15 is 0 Å². The molecule has 1 unspecified atom stereocenters. The van der Waals surface area contributed by atoms with Crippen LogP contribution in [-0.4, -0.2) is 44.6 Å². The highest BCUT2D eigenvalue weighted by Crippen LogP contribution is 2.44. The first-order chi connectivity index (χ1) is 16.9. The van der Waals surface area contributed by atoms with Crippen molar-refractivity contribution >= 4 is 28.8 Å². The fraction of sp³-hybridized carbons (Fsp3) is 0.214. The van der Waals surface area contributed by atoms with Gasteiger partial charge in [0.1, 0.15) is 17.3 Å². The molecule has 0 aromatic heterocycles. The van der Waals surface area contributed by atoms with E-state index in [1.54, 1.807) is 48.5 Å². The molecule has 1 aliphatic heterocycles. The van der Waals surface area contributed by atoms with Crippen molar-refractivity contribution in [3.05, 3.63) is 89.5 Å². The predicted molar refractivity (Wildman–Crippen MR) is 136 cm³/mol. The van der Waals surface area contributed by atoms with Crippen molar-refractivity contribution in [1.29, 1.82) is 0 Å². The molecule has 0 saturated carbocycles. The Kier molecular flexibility index (Phi) is 6.78. The number of ketones is 1. The van der Waals surface area contributed by atoms with Crippen molar-refractivity contribution in [3.8, 4) is 11.5 Å². The molecule has 0 spiro atoms. The highest BCUT2D eigenvalue weighted by Gasteiger charge is 2.47. The van der Waals surface area contributed by atoms with Crippen LogP contribution in [0.15, 0.2) is 78.4 Å². The molecule has 1 amide bonds. The molecule has 7 heteroatoms. The molecule has 0 radical (unpaired) electrons. The van der Waals surface area contributed by atoms with Crippen LogP contribution in [0, 0.1) is 0 Å². The lowest BCUT2D eigenvalue weighted by Gasteiger charge is -2.26. The summed E-state index contributed by atoms with van der Waals surface area (Å²) in [5.41, 5.74) is 2.49. The number of rotatable bonds is 7. The summed E-state index contributed by atoms with van der Waals surface area (Å²) in [5, 5.41) is 11.4. The Labute approximate surface area is 204 Å². The van der Waals surface area contributed by atoms with Gasteiger partial charge in [-0.15, -0.1) is 0 Å². The van der Waals surface area contributed by atoms with Crippen LogP contribution < -0.4 is 19.3 Å². The molecule has 1 fully saturated rings. The lowest BCUT2D eigenvalue weighted by Crippen LogP contribution is -2.29. The van der Waals surface area contributed by atoms with Gasteiger partial charge < -0.3 is 19.5 Å². The summed E-state index contributed by atoms with van der Waals surface area (Å²) in [6, 6.07) is 20.6. The van der Waals surface area contributed by atoms with Crippen molar-refractivity contribution in [2.24, 2.45) is 0 Å². The number of para-hydroxylation sites is 1. The number of aliphatic hydroxyl groups excluding tert-OH is 1. The fourth-order valence-corrected chi connectivity index (χ4v) is 4.24. The van der Waals surface area contributed by atoms with Gasteiger partial charge in [-0.3, -0.25) is 14.5 Å². The number of amides is 1. The Bertz CT molecular complexity index is 1280. The molecular weight excluding hydrogens is 444 g/mol. The van der Waals surface area contributed by atoms with Crippen molar-refractivity contribution in [1.82, 2.24) is 0 Å². The number of anilines is 2. The van der Waals surface area contributed by atoms with E-state index < -0.39 is 17.7 Å². The number of ether oxygens (including phenoxy) is 2. The Morgan fingerprint density at radius 2 is 1.71 bits per heavy atom. The van der Waals surface area contributed by atoms with E-state index in [4.69, 9.17) is 9.47 Å². The van der Waals surface area contributed by atoms with E-state index in [1.807, 2.05) is 50.2 Å². The third-order valence-electron chi connectivity index (χ3n) is 5.94. The van der Waals surface area contributed by atoms with Gasteiger partial charge in [-0.2, -0.15) is 0 Å². The van der Waals surface area contributed by atoms with E-state index in [9.17, 15) is 14.7 Å². The van der Waals surface area contributed by atoms with Crippen LogP contribution >= 0.6 is 0 Å². The van der Waals surface area contributed by atoms with Crippen LogP contribution in [0.1, 0.15) is 24.1 Å². The van der Waals surface area contributed by atoms with E-state index in [1.165, 1.54) is 12.0 Å². The van der Waals surface area contributed by atoms with Crippen LogP contribution in [0.3, 0.4) is 0 Å². The lowest BCUT2D eigenvalue weighted by molar-refractivity contribution is -0.132. The van der Waals surface area contributed by atoms with Gasteiger partial charge in [-0.25, -0.2) is 0 Å². The second kappa shape index (κ2) is 9.93. The molecule has 1 saturated heterocycles. The predicted octanol–water partition coefficient (Wildman–Crippen LogP) is 4.79. The molecule has 1 heterocycles. The molecule has 1 aliphatic rings. The number of Topliss-reactive ketones (excluding diaryl/α,β-unsaturated/α-hetero) is 1. The average molecular weight is 473 g/mol. The van der Waals surface area contributed by atoms with Crippen molar-refractivity contribution in [2.45, 2.75) is 13.0 Å². The first kappa shape index (κ1) is 23.9. The van der Waals surface area contributed by atoms with Crippen LogP contribution in [0.4, 0.5) is 11.4 Å². The minimum Gasteiger partial charge on any atom is -0.507 e. The van der Waals surface area contributed by atoms with Crippen LogP contribution in [0.2, 0.25) is 0 Å². The van der Waals surface area contributed by atoms with E-state index in [-0.39, 0.29) is 11.3 Å². The number of aliphatic hydroxyl groups is 1. The Morgan fingerprint density at radius 3 is 2.37 bits per heavy atom. The summed E-state index contributed by atoms with van der Waals surface area (Å²) >= 11 is 0. The molecule has 0 aliphatic carbocycles. The zero-order valence-corrected chi connectivity index (χ0v) is 20.2. The number of carbonyl (C=O) groups is 2. The summed E-state index contributed by atoms with van der Waals surface area (Å²) in [5.74, 6) is -0.797. The lowest BCUT2D eigenvalue weighted by atomic mass is 9.94. The molecule has 3 aromatic rings. The van der Waals surface area contributed by atoms with Gasteiger partial charge in [0.2, 0.25) is 0 Å². The fourth-order valence-electron chi connectivity index (χ4n) is 4.24. The maximum atomic E-state index is 13.4. The smallest absolute Gasteiger partial charge is 0.300 e. The minimum absolute atomic E-state index is 0.00100. The largest absolute Gasteiger partial charge is 0.507 e. The summed E-state index contributed by atoms with van der Waals surface area (Å²) in [7, 11) is 5.35.